The van der Waals surface area contributed by atoms with E-state index < -0.39 is 23.3 Å². The highest BCUT2D eigenvalue weighted by Crippen LogP contribution is 2.39. The molecule has 0 fully saturated rings. The van der Waals surface area contributed by atoms with Gasteiger partial charge in [-0.15, -0.1) is 0 Å². The number of halogens is 3. The Kier molecular flexibility index (Phi) is 5.13. The smallest absolute Gasteiger partial charge is 0.340 e. The van der Waals surface area contributed by atoms with Crippen LogP contribution in [-0.4, -0.2) is 16.8 Å². The second-order valence-corrected chi connectivity index (χ2v) is 7.84. The molecule has 0 saturated heterocycles. The molecule has 3 N–H and O–H groups in total. The lowest BCUT2D eigenvalue weighted by Gasteiger charge is -2.26. The van der Waals surface area contributed by atoms with Crippen LogP contribution in [0.1, 0.15) is 16.7 Å². The molecular formula is C22H16BrF2N3O2. The molecule has 1 atom stereocenters. The molecule has 152 valence electrons. The van der Waals surface area contributed by atoms with Gasteiger partial charge in [0.15, 0.2) is 0 Å². The number of hydrogen-bond acceptors (Lipinski definition) is 3. The van der Waals surface area contributed by atoms with Crippen LogP contribution in [0.3, 0.4) is 0 Å². The van der Waals surface area contributed by atoms with Gasteiger partial charge in [-0.1, -0.05) is 28.1 Å². The van der Waals surface area contributed by atoms with Gasteiger partial charge >= 0.3 is 6.03 Å². The van der Waals surface area contributed by atoms with Gasteiger partial charge in [0.1, 0.15) is 22.9 Å². The van der Waals surface area contributed by atoms with Crippen LogP contribution in [0.5, 0.6) is 0 Å². The van der Waals surface area contributed by atoms with E-state index in [9.17, 15) is 18.7 Å². The zero-order chi connectivity index (χ0) is 21.5. The summed E-state index contributed by atoms with van der Waals surface area (Å²) in [5.41, 5.74) is 5.71. The minimum Gasteiger partial charge on any atom is -0.378 e. The van der Waals surface area contributed by atoms with Gasteiger partial charge in [0.05, 0.1) is 5.69 Å². The summed E-state index contributed by atoms with van der Waals surface area (Å²) in [7, 11) is 0. The van der Waals surface area contributed by atoms with E-state index in [0.717, 1.165) is 9.48 Å². The number of hydrogen-bond donors (Lipinski definition) is 2. The quantitative estimate of drug-likeness (QED) is 0.553. The van der Waals surface area contributed by atoms with Crippen molar-refractivity contribution in [2.45, 2.75) is 12.0 Å². The van der Waals surface area contributed by atoms with Crippen molar-refractivity contribution in [3.63, 3.8) is 0 Å². The first-order chi connectivity index (χ1) is 14.3. The largest absolute Gasteiger partial charge is 0.378 e. The van der Waals surface area contributed by atoms with Gasteiger partial charge in [-0.05, 0) is 65.7 Å². The Balaban J connectivity index is 1.90. The molecule has 8 heteroatoms. The molecule has 1 aliphatic carbocycles. The lowest BCUT2D eigenvalue weighted by atomic mass is 9.89. The summed E-state index contributed by atoms with van der Waals surface area (Å²) in [6.07, 6.45) is 0.0114. The summed E-state index contributed by atoms with van der Waals surface area (Å²) in [5, 5.41) is 16.9. The predicted molar refractivity (Wildman–Crippen MR) is 113 cm³/mol. The summed E-state index contributed by atoms with van der Waals surface area (Å²) in [6.45, 7) is 0. The maximum atomic E-state index is 13.8. The highest BCUT2D eigenvalue weighted by molar-refractivity contribution is 9.10. The van der Waals surface area contributed by atoms with Gasteiger partial charge < -0.3 is 10.8 Å². The number of amides is 2. The van der Waals surface area contributed by atoms with Crippen LogP contribution in [0.25, 0.3) is 0 Å². The second-order valence-electron chi connectivity index (χ2n) is 6.92. The second kappa shape index (κ2) is 7.62. The van der Waals surface area contributed by atoms with E-state index in [4.69, 9.17) is 5.73 Å². The standard InChI is InChI=1S/C22H16BrF2N3O2/c23-15-3-8-18(9-4-15)28(21(26)29)27-20-19-10-7-17(25)11-13(19)12-22(20,30)14-1-5-16(24)6-2-14/h1-11,30H,12H2,(H2,26,29)/b27-20-. The van der Waals surface area contributed by atoms with E-state index in [0.29, 0.717) is 22.4 Å². The zero-order valence-electron chi connectivity index (χ0n) is 15.5. The molecule has 0 heterocycles. The third kappa shape index (κ3) is 3.59. The first-order valence-corrected chi connectivity index (χ1v) is 9.79. The molecule has 0 spiro atoms. The van der Waals surface area contributed by atoms with Crippen molar-refractivity contribution in [2.75, 3.05) is 5.01 Å². The molecule has 0 saturated carbocycles. The van der Waals surface area contributed by atoms with E-state index in [1.54, 1.807) is 24.3 Å². The number of benzene rings is 3. The molecule has 0 bridgehead atoms. The molecule has 30 heavy (non-hydrogen) atoms. The minimum absolute atomic E-state index is 0.0114. The number of carbonyl (C=O) groups excluding carboxylic acids is 1. The molecule has 1 aliphatic rings. The molecule has 5 nitrogen and oxygen atoms in total. The van der Waals surface area contributed by atoms with Crippen LogP contribution in [-0.2, 0) is 12.0 Å². The molecule has 2 amide bonds. The number of fused-ring (bicyclic) bond motifs is 1. The first kappa shape index (κ1) is 20.2. The monoisotopic (exact) mass is 471 g/mol. The highest BCUT2D eigenvalue weighted by Gasteiger charge is 2.44. The van der Waals surface area contributed by atoms with Gasteiger partial charge in [0, 0.05) is 16.5 Å². The molecule has 0 aromatic heterocycles. The van der Waals surface area contributed by atoms with Crippen molar-refractivity contribution in [3.8, 4) is 0 Å². The van der Waals surface area contributed by atoms with Gasteiger partial charge in [-0.3, -0.25) is 0 Å². The van der Waals surface area contributed by atoms with Gasteiger partial charge in [-0.2, -0.15) is 10.1 Å². The number of urea groups is 1. The maximum absolute atomic E-state index is 13.8. The lowest BCUT2D eigenvalue weighted by Crippen LogP contribution is -2.38. The fourth-order valence-electron chi connectivity index (χ4n) is 3.54. The number of nitrogens with zero attached hydrogens (tertiary/aromatic N) is 2. The van der Waals surface area contributed by atoms with Crippen LogP contribution in [0.2, 0.25) is 0 Å². The Morgan fingerprint density at radius 3 is 2.30 bits per heavy atom. The molecule has 0 radical (unpaired) electrons. The predicted octanol–water partition coefficient (Wildman–Crippen LogP) is 4.46. The van der Waals surface area contributed by atoms with Crippen molar-refractivity contribution in [2.24, 2.45) is 10.8 Å². The van der Waals surface area contributed by atoms with Gasteiger partial charge in [-0.25, -0.2) is 13.6 Å². The van der Waals surface area contributed by atoms with E-state index in [1.807, 2.05) is 0 Å². The van der Waals surface area contributed by atoms with E-state index in [2.05, 4.69) is 21.0 Å². The number of hydrazone groups is 1. The third-order valence-corrected chi connectivity index (χ3v) is 5.49. The number of nitrogens with two attached hydrogens (primary N) is 1. The van der Waals surface area contributed by atoms with Crippen molar-refractivity contribution in [1.29, 1.82) is 0 Å². The molecule has 3 aromatic carbocycles. The van der Waals surface area contributed by atoms with Crippen molar-refractivity contribution >= 4 is 33.4 Å². The normalized spacial score (nSPS) is 19.0. The van der Waals surface area contributed by atoms with Gasteiger partial charge in [0.25, 0.3) is 0 Å². The Morgan fingerprint density at radius 2 is 1.67 bits per heavy atom. The third-order valence-electron chi connectivity index (χ3n) is 4.96. The van der Waals surface area contributed by atoms with Gasteiger partial charge in [0.2, 0.25) is 0 Å². The Hall–Kier alpha value is -3.10. The molecule has 1 unspecified atom stereocenters. The Bertz CT molecular complexity index is 1150. The van der Waals surface area contributed by atoms with Crippen molar-refractivity contribution in [1.82, 2.24) is 0 Å². The SMILES string of the molecule is NC(=O)N(/N=C1/c2ccc(F)cc2CC1(O)c1ccc(F)cc1)c1ccc(Br)cc1. The summed E-state index contributed by atoms with van der Waals surface area (Å²) in [6, 6.07) is 15.2. The fourth-order valence-corrected chi connectivity index (χ4v) is 3.80. The minimum atomic E-state index is -1.70. The lowest BCUT2D eigenvalue weighted by molar-refractivity contribution is 0.117. The first-order valence-electron chi connectivity index (χ1n) is 8.99. The van der Waals surface area contributed by atoms with Crippen LogP contribution in [0.15, 0.2) is 76.3 Å². The average Bonchev–Trinajstić information content (AvgIpc) is 2.98. The fraction of sp³-hybridized carbons (Fsp3) is 0.0909. The van der Waals surface area contributed by atoms with Crippen LogP contribution < -0.4 is 10.7 Å². The number of aliphatic hydroxyl groups is 1. The van der Waals surface area contributed by atoms with E-state index in [1.165, 1.54) is 42.5 Å². The maximum Gasteiger partial charge on any atom is 0.340 e. The molecule has 0 aliphatic heterocycles. The van der Waals surface area contributed by atoms with Crippen molar-refractivity contribution in [3.05, 3.63) is 99.5 Å². The van der Waals surface area contributed by atoms with Crippen LogP contribution in [0, 0.1) is 11.6 Å². The van der Waals surface area contributed by atoms with Crippen LogP contribution >= 0.6 is 15.9 Å². The number of carbonyl (C=O) groups is 1. The Morgan fingerprint density at radius 1 is 1.03 bits per heavy atom. The molecule has 4 rings (SSSR count). The summed E-state index contributed by atoms with van der Waals surface area (Å²) < 4.78 is 28.1. The summed E-state index contributed by atoms with van der Waals surface area (Å²) >= 11 is 3.33. The van der Waals surface area contributed by atoms with Crippen molar-refractivity contribution < 1.29 is 18.7 Å². The summed E-state index contributed by atoms with van der Waals surface area (Å²) in [5.74, 6) is -0.924. The highest BCUT2D eigenvalue weighted by atomic mass is 79.9. The van der Waals surface area contributed by atoms with Crippen LogP contribution in [0.4, 0.5) is 19.3 Å². The zero-order valence-corrected chi connectivity index (χ0v) is 17.1. The number of primary amides is 1. The topological polar surface area (TPSA) is 78.9 Å². The van der Waals surface area contributed by atoms with E-state index in [-0.39, 0.29) is 12.1 Å². The van der Waals surface area contributed by atoms with E-state index >= 15 is 0 Å². The number of anilines is 1. The number of rotatable bonds is 3. The molecular weight excluding hydrogens is 456 g/mol. The average molecular weight is 472 g/mol. The Labute approximate surface area is 179 Å². The summed E-state index contributed by atoms with van der Waals surface area (Å²) in [4.78, 5) is 12.2. The molecule has 3 aromatic rings.